The normalized spacial score (nSPS) is 25.6. The third-order valence-corrected chi connectivity index (χ3v) is 12.3. The highest BCUT2D eigenvalue weighted by molar-refractivity contribution is 6.99. The number of hydrogen-bond donors (Lipinski definition) is 1. The van der Waals surface area contributed by atoms with Crippen LogP contribution in [0.4, 0.5) is 0 Å². The van der Waals surface area contributed by atoms with Crippen LogP contribution in [0.25, 0.3) is 0 Å². The lowest BCUT2D eigenvalue weighted by atomic mass is 10.0. The van der Waals surface area contributed by atoms with Gasteiger partial charge in [0.25, 0.3) is 8.32 Å². The first-order chi connectivity index (χ1) is 16.6. The van der Waals surface area contributed by atoms with Crippen molar-refractivity contribution in [3.05, 3.63) is 60.7 Å². The average molecular weight is 499 g/mol. The van der Waals surface area contributed by atoms with Crippen LogP contribution in [0.1, 0.15) is 60.3 Å². The van der Waals surface area contributed by atoms with E-state index in [-0.39, 0.29) is 23.4 Å². The van der Waals surface area contributed by atoms with Crippen LogP contribution in [0, 0.1) is 0 Å². The van der Waals surface area contributed by atoms with E-state index in [1.807, 2.05) is 13.8 Å². The van der Waals surface area contributed by atoms with Gasteiger partial charge in [-0.3, -0.25) is 0 Å². The van der Waals surface area contributed by atoms with Gasteiger partial charge in [0.15, 0.2) is 5.79 Å². The van der Waals surface area contributed by atoms with Gasteiger partial charge in [0.2, 0.25) is 0 Å². The fourth-order valence-corrected chi connectivity index (χ4v) is 10.2. The number of ether oxygens (including phenoxy) is 3. The van der Waals surface area contributed by atoms with Crippen LogP contribution < -0.4 is 10.4 Å². The Morgan fingerprint density at radius 2 is 1.57 bits per heavy atom. The molecule has 2 fully saturated rings. The van der Waals surface area contributed by atoms with Crippen molar-refractivity contribution in [2.45, 2.75) is 95.5 Å². The zero-order valence-electron chi connectivity index (χ0n) is 21.9. The van der Waals surface area contributed by atoms with E-state index < -0.39 is 20.2 Å². The standard InChI is InChI=1S/C29H42O5Si/c1-28(2,3)35(24-12-8-6-9-13-24,25-14-10-7-11-15-25)32-21-22-17-19-27(33-22)26(30)18-16-23-20-31-29(4,5)34-23/h6-15,22-23,26-27,30H,16-21H2,1-5H3/t22-,23-,26+,27-/m0/s1. The molecule has 35 heavy (non-hydrogen) atoms. The second-order valence-electron chi connectivity index (χ2n) is 11.4. The summed E-state index contributed by atoms with van der Waals surface area (Å²) in [4.78, 5) is 0. The fraction of sp³-hybridized carbons (Fsp3) is 0.586. The minimum atomic E-state index is -2.59. The lowest BCUT2D eigenvalue weighted by Crippen LogP contribution is -2.67. The number of hydrogen-bond acceptors (Lipinski definition) is 5. The van der Waals surface area contributed by atoms with Crippen molar-refractivity contribution in [3.63, 3.8) is 0 Å². The van der Waals surface area contributed by atoms with E-state index in [9.17, 15) is 5.11 Å². The number of aliphatic hydroxyl groups is 1. The van der Waals surface area contributed by atoms with Crippen molar-refractivity contribution in [1.82, 2.24) is 0 Å². The van der Waals surface area contributed by atoms with Gasteiger partial charge in [-0.05, 0) is 54.9 Å². The zero-order chi connectivity index (χ0) is 25.1. The van der Waals surface area contributed by atoms with Gasteiger partial charge < -0.3 is 23.7 Å². The number of aliphatic hydroxyl groups excluding tert-OH is 1. The maximum Gasteiger partial charge on any atom is 0.261 e. The number of benzene rings is 2. The summed E-state index contributed by atoms with van der Waals surface area (Å²) in [7, 11) is -2.59. The molecular formula is C29H42O5Si. The molecule has 5 nitrogen and oxygen atoms in total. The molecule has 2 aliphatic heterocycles. The quantitative estimate of drug-likeness (QED) is 0.519. The predicted molar refractivity (Wildman–Crippen MR) is 142 cm³/mol. The lowest BCUT2D eigenvalue weighted by molar-refractivity contribution is -0.140. The molecule has 0 spiro atoms. The summed E-state index contributed by atoms with van der Waals surface area (Å²) in [6.07, 6.45) is 2.54. The SMILES string of the molecule is CC1(C)OC[C@H](CC[C@@H](O)[C@@H]2CC[C@@H](CO[Si](c3ccccc3)(c3ccccc3)C(C)(C)C)O2)O1. The third-order valence-electron chi connectivity index (χ3n) is 7.32. The van der Waals surface area contributed by atoms with Crippen LogP contribution in [-0.2, 0) is 18.6 Å². The molecule has 0 bridgehead atoms. The van der Waals surface area contributed by atoms with Gasteiger partial charge in [-0.2, -0.15) is 0 Å². The van der Waals surface area contributed by atoms with Crippen molar-refractivity contribution in [1.29, 1.82) is 0 Å². The van der Waals surface area contributed by atoms with E-state index in [0.717, 1.165) is 19.3 Å². The van der Waals surface area contributed by atoms with Crippen LogP contribution >= 0.6 is 0 Å². The monoisotopic (exact) mass is 498 g/mol. The fourth-order valence-electron chi connectivity index (χ4n) is 5.57. The summed E-state index contributed by atoms with van der Waals surface area (Å²) in [6.45, 7) is 11.8. The largest absolute Gasteiger partial charge is 0.405 e. The van der Waals surface area contributed by atoms with Gasteiger partial charge in [-0.1, -0.05) is 81.4 Å². The average Bonchev–Trinajstić information content (AvgIpc) is 3.44. The Morgan fingerprint density at radius 3 is 2.09 bits per heavy atom. The van der Waals surface area contributed by atoms with Gasteiger partial charge in [-0.25, -0.2) is 0 Å². The van der Waals surface area contributed by atoms with Crippen molar-refractivity contribution in [2.75, 3.05) is 13.2 Å². The van der Waals surface area contributed by atoms with Crippen LogP contribution in [0.5, 0.6) is 0 Å². The van der Waals surface area contributed by atoms with Gasteiger partial charge in [-0.15, -0.1) is 0 Å². The van der Waals surface area contributed by atoms with Gasteiger partial charge in [0.1, 0.15) is 0 Å². The first kappa shape index (κ1) is 26.5. The summed E-state index contributed by atoms with van der Waals surface area (Å²) in [5, 5.41) is 13.3. The molecule has 2 heterocycles. The van der Waals surface area contributed by atoms with Gasteiger partial charge in [0, 0.05) is 0 Å². The minimum Gasteiger partial charge on any atom is -0.405 e. The molecule has 4 atom stereocenters. The highest BCUT2D eigenvalue weighted by atomic mass is 28.4. The highest BCUT2D eigenvalue weighted by Crippen LogP contribution is 2.37. The molecule has 0 saturated carbocycles. The lowest BCUT2D eigenvalue weighted by Gasteiger charge is -2.43. The summed E-state index contributed by atoms with van der Waals surface area (Å²) in [6, 6.07) is 21.4. The molecule has 0 aliphatic carbocycles. The summed E-state index contributed by atoms with van der Waals surface area (Å²) in [5.41, 5.74) is 0. The zero-order valence-corrected chi connectivity index (χ0v) is 22.9. The maximum absolute atomic E-state index is 10.8. The van der Waals surface area contributed by atoms with Crippen LogP contribution in [0.3, 0.4) is 0 Å². The molecule has 2 saturated heterocycles. The Labute approximate surface area is 211 Å². The second-order valence-corrected chi connectivity index (χ2v) is 15.7. The number of rotatable bonds is 9. The molecule has 4 rings (SSSR count). The Kier molecular flexibility index (Phi) is 8.21. The maximum atomic E-state index is 10.8. The van der Waals surface area contributed by atoms with E-state index >= 15 is 0 Å². The highest BCUT2D eigenvalue weighted by Gasteiger charge is 2.50. The molecule has 6 heteroatoms. The first-order valence-corrected chi connectivity index (χ1v) is 14.9. The molecule has 0 amide bonds. The van der Waals surface area contributed by atoms with E-state index in [4.69, 9.17) is 18.6 Å². The van der Waals surface area contributed by atoms with E-state index in [1.54, 1.807) is 0 Å². The van der Waals surface area contributed by atoms with Crippen LogP contribution in [0.15, 0.2) is 60.7 Å². The molecule has 2 aromatic carbocycles. The third kappa shape index (κ3) is 6.07. The van der Waals surface area contributed by atoms with Crippen molar-refractivity contribution in [3.8, 4) is 0 Å². The van der Waals surface area contributed by atoms with Crippen molar-refractivity contribution in [2.24, 2.45) is 0 Å². The molecule has 0 radical (unpaired) electrons. The summed E-state index contributed by atoms with van der Waals surface area (Å²) >= 11 is 0. The Hall–Kier alpha value is -1.54. The van der Waals surface area contributed by atoms with Crippen LogP contribution in [-0.4, -0.2) is 56.8 Å². The Morgan fingerprint density at radius 1 is 0.971 bits per heavy atom. The Bertz CT molecular complexity index is 888. The molecule has 0 aromatic heterocycles. The first-order valence-electron chi connectivity index (χ1n) is 13.0. The summed E-state index contributed by atoms with van der Waals surface area (Å²) in [5.74, 6) is -0.525. The van der Waals surface area contributed by atoms with Crippen LogP contribution in [0.2, 0.25) is 5.04 Å². The molecule has 2 aromatic rings. The van der Waals surface area contributed by atoms with E-state index in [2.05, 4.69) is 81.4 Å². The van der Waals surface area contributed by atoms with Crippen molar-refractivity contribution < 1.29 is 23.7 Å². The van der Waals surface area contributed by atoms with Gasteiger partial charge in [0.05, 0.1) is 37.6 Å². The smallest absolute Gasteiger partial charge is 0.261 e. The van der Waals surface area contributed by atoms with E-state index in [1.165, 1.54) is 10.4 Å². The minimum absolute atomic E-state index is 0.0127. The van der Waals surface area contributed by atoms with Gasteiger partial charge >= 0.3 is 0 Å². The topological polar surface area (TPSA) is 57.2 Å². The molecule has 2 aliphatic rings. The van der Waals surface area contributed by atoms with Crippen molar-refractivity contribution >= 4 is 18.7 Å². The molecule has 0 unspecified atom stereocenters. The molecular weight excluding hydrogens is 456 g/mol. The second kappa shape index (κ2) is 10.8. The predicted octanol–water partition coefficient (Wildman–Crippen LogP) is 4.40. The summed E-state index contributed by atoms with van der Waals surface area (Å²) < 4.78 is 24.9. The molecule has 192 valence electrons. The van der Waals surface area contributed by atoms with E-state index in [0.29, 0.717) is 19.6 Å². The molecule has 1 N–H and O–H groups in total. The Balaban J connectivity index is 1.42.